The van der Waals surface area contributed by atoms with Gasteiger partial charge in [-0.25, -0.2) is 4.98 Å². The van der Waals surface area contributed by atoms with Crippen molar-refractivity contribution < 1.29 is 9.53 Å². The van der Waals surface area contributed by atoms with Crippen LogP contribution in [0.3, 0.4) is 0 Å². The minimum absolute atomic E-state index is 0.168. The van der Waals surface area contributed by atoms with E-state index in [1.54, 1.807) is 17.5 Å². The molecule has 2 heterocycles. The number of aryl methyl sites for hydroxylation is 2. The van der Waals surface area contributed by atoms with E-state index in [9.17, 15) is 4.79 Å². The Morgan fingerprint density at radius 1 is 1.45 bits per heavy atom. The van der Waals surface area contributed by atoms with E-state index in [1.807, 2.05) is 23.1 Å². The van der Waals surface area contributed by atoms with Gasteiger partial charge in [0, 0.05) is 24.5 Å². The number of esters is 1. The van der Waals surface area contributed by atoms with Crippen LogP contribution in [0.1, 0.15) is 32.4 Å². The second-order valence-corrected chi connectivity index (χ2v) is 5.25. The van der Waals surface area contributed by atoms with Crippen LogP contribution in [-0.2, 0) is 22.5 Å². The zero-order valence-electron chi connectivity index (χ0n) is 11.8. The van der Waals surface area contributed by atoms with Crippen LogP contribution in [0.15, 0.2) is 17.6 Å². The molecule has 2 aromatic heterocycles. The Labute approximate surface area is 122 Å². The highest BCUT2D eigenvalue weighted by Crippen LogP contribution is 2.24. The normalized spacial score (nSPS) is 10.7. The van der Waals surface area contributed by atoms with Crippen molar-refractivity contribution in [2.45, 2.75) is 39.7 Å². The van der Waals surface area contributed by atoms with Gasteiger partial charge in [-0.05, 0) is 19.4 Å². The molecule has 0 fully saturated rings. The number of nitrogens with zero attached hydrogens (tertiary/aromatic N) is 3. The van der Waals surface area contributed by atoms with Crippen LogP contribution < -0.4 is 0 Å². The summed E-state index contributed by atoms with van der Waals surface area (Å²) < 4.78 is 6.88. The summed E-state index contributed by atoms with van der Waals surface area (Å²) in [6.07, 6.45) is 3.84. The third-order valence-corrected chi connectivity index (χ3v) is 3.73. The van der Waals surface area contributed by atoms with E-state index >= 15 is 0 Å². The van der Waals surface area contributed by atoms with Crippen molar-refractivity contribution in [3.63, 3.8) is 0 Å². The first-order valence-corrected chi connectivity index (χ1v) is 7.74. The molecule has 20 heavy (non-hydrogen) atoms. The standard InChI is InChI=1S/C14H19N3O2S/c1-3-9-17-12(7-8-15-17)14-16-11(10-20-14)5-6-13(18)19-4-2/h7-8,10H,3-6,9H2,1-2H3. The Morgan fingerprint density at radius 3 is 3.05 bits per heavy atom. The van der Waals surface area contributed by atoms with Gasteiger partial charge in [-0.1, -0.05) is 6.92 Å². The highest BCUT2D eigenvalue weighted by Gasteiger charge is 2.11. The Morgan fingerprint density at radius 2 is 2.30 bits per heavy atom. The maximum atomic E-state index is 11.3. The number of ether oxygens (including phenoxy) is 1. The molecule has 0 bridgehead atoms. The molecule has 0 amide bonds. The lowest BCUT2D eigenvalue weighted by Crippen LogP contribution is -2.05. The van der Waals surface area contributed by atoms with Crippen LogP contribution in [0.2, 0.25) is 0 Å². The molecule has 0 saturated heterocycles. The average Bonchev–Trinajstić information content (AvgIpc) is 3.05. The maximum absolute atomic E-state index is 11.3. The smallest absolute Gasteiger partial charge is 0.306 e. The number of thiazole rings is 1. The number of hydrogen-bond acceptors (Lipinski definition) is 5. The van der Waals surface area contributed by atoms with Crippen LogP contribution in [0.5, 0.6) is 0 Å². The Hall–Kier alpha value is -1.69. The van der Waals surface area contributed by atoms with Crippen LogP contribution in [-0.4, -0.2) is 27.3 Å². The molecule has 0 unspecified atom stereocenters. The molecule has 0 aliphatic carbocycles. The van der Waals surface area contributed by atoms with Crippen LogP contribution in [0, 0.1) is 0 Å². The van der Waals surface area contributed by atoms with Crippen molar-refractivity contribution in [1.29, 1.82) is 0 Å². The monoisotopic (exact) mass is 293 g/mol. The molecule has 0 radical (unpaired) electrons. The van der Waals surface area contributed by atoms with Crippen LogP contribution >= 0.6 is 11.3 Å². The lowest BCUT2D eigenvalue weighted by atomic mass is 10.2. The first kappa shape index (κ1) is 14.7. The van der Waals surface area contributed by atoms with Crippen molar-refractivity contribution in [2.75, 3.05) is 6.61 Å². The predicted octanol–water partition coefficient (Wildman–Crippen LogP) is 2.91. The zero-order chi connectivity index (χ0) is 14.4. The molecule has 2 rings (SSSR count). The molecule has 0 aliphatic heterocycles. The second kappa shape index (κ2) is 7.19. The number of hydrogen-bond donors (Lipinski definition) is 0. The molecule has 0 aromatic carbocycles. The third-order valence-electron chi connectivity index (χ3n) is 2.81. The van der Waals surface area contributed by atoms with Crippen molar-refractivity contribution >= 4 is 17.3 Å². The summed E-state index contributed by atoms with van der Waals surface area (Å²) in [5.74, 6) is -0.168. The average molecular weight is 293 g/mol. The fraction of sp³-hybridized carbons (Fsp3) is 0.500. The molecule has 0 saturated carbocycles. The van der Waals surface area contributed by atoms with Gasteiger partial charge in [0.25, 0.3) is 0 Å². The lowest BCUT2D eigenvalue weighted by molar-refractivity contribution is -0.143. The molecular weight excluding hydrogens is 274 g/mol. The molecule has 0 aliphatic rings. The van der Waals surface area contributed by atoms with Gasteiger partial charge in [-0.15, -0.1) is 11.3 Å². The largest absolute Gasteiger partial charge is 0.466 e. The Balaban J connectivity index is 2.01. The summed E-state index contributed by atoms with van der Waals surface area (Å²) in [6, 6.07) is 1.98. The van der Waals surface area contributed by atoms with E-state index in [1.165, 1.54) is 0 Å². The SMILES string of the molecule is CCCn1nccc1-c1nc(CCC(=O)OCC)cs1. The van der Waals surface area contributed by atoms with Crippen molar-refractivity contribution in [3.8, 4) is 10.7 Å². The van der Waals surface area contributed by atoms with E-state index in [0.29, 0.717) is 19.4 Å². The first-order chi connectivity index (χ1) is 9.74. The van der Waals surface area contributed by atoms with E-state index < -0.39 is 0 Å². The molecule has 108 valence electrons. The Kier molecular flexibility index (Phi) is 5.29. The number of rotatable bonds is 7. The minimum Gasteiger partial charge on any atom is -0.466 e. The summed E-state index contributed by atoms with van der Waals surface area (Å²) in [5.41, 5.74) is 1.97. The summed E-state index contributed by atoms with van der Waals surface area (Å²) in [4.78, 5) is 15.9. The number of carbonyl (C=O) groups excluding carboxylic acids is 1. The molecule has 0 N–H and O–H groups in total. The summed E-state index contributed by atoms with van der Waals surface area (Å²) in [5, 5.41) is 7.25. The van der Waals surface area contributed by atoms with E-state index in [4.69, 9.17) is 4.74 Å². The molecule has 0 atom stereocenters. The van der Waals surface area contributed by atoms with Gasteiger partial charge in [0.05, 0.1) is 24.4 Å². The minimum atomic E-state index is -0.168. The van der Waals surface area contributed by atoms with E-state index in [0.717, 1.165) is 29.4 Å². The van der Waals surface area contributed by atoms with Crippen molar-refractivity contribution in [1.82, 2.24) is 14.8 Å². The molecule has 2 aromatic rings. The van der Waals surface area contributed by atoms with Gasteiger partial charge >= 0.3 is 5.97 Å². The van der Waals surface area contributed by atoms with Gasteiger partial charge in [0.1, 0.15) is 5.01 Å². The number of carbonyl (C=O) groups is 1. The highest BCUT2D eigenvalue weighted by molar-refractivity contribution is 7.13. The van der Waals surface area contributed by atoms with Gasteiger partial charge < -0.3 is 4.74 Å². The molecule has 5 nitrogen and oxygen atoms in total. The van der Waals surface area contributed by atoms with E-state index in [2.05, 4.69) is 17.0 Å². The number of aromatic nitrogens is 3. The van der Waals surface area contributed by atoms with Gasteiger partial charge in [0.15, 0.2) is 0 Å². The van der Waals surface area contributed by atoms with Crippen molar-refractivity contribution in [3.05, 3.63) is 23.3 Å². The summed E-state index contributed by atoms with van der Waals surface area (Å²) >= 11 is 1.59. The molecule has 0 spiro atoms. The molecular formula is C14H19N3O2S. The molecule has 6 heteroatoms. The summed E-state index contributed by atoms with van der Waals surface area (Å²) in [7, 11) is 0. The van der Waals surface area contributed by atoms with Crippen LogP contribution in [0.4, 0.5) is 0 Å². The highest BCUT2D eigenvalue weighted by atomic mass is 32.1. The summed E-state index contributed by atoms with van der Waals surface area (Å²) in [6.45, 7) is 5.25. The maximum Gasteiger partial charge on any atom is 0.306 e. The van der Waals surface area contributed by atoms with E-state index in [-0.39, 0.29) is 5.97 Å². The van der Waals surface area contributed by atoms with Crippen molar-refractivity contribution in [2.24, 2.45) is 0 Å². The van der Waals surface area contributed by atoms with Gasteiger partial charge in [-0.3, -0.25) is 9.48 Å². The Bertz CT molecular complexity index is 562. The predicted molar refractivity (Wildman–Crippen MR) is 78.6 cm³/mol. The van der Waals surface area contributed by atoms with Gasteiger partial charge in [-0.2, -0.15) is 5.10 Å². The zero-order valence-corrected chi connectivity index (χ0v) is 12.7. The fourth-order valence-corrected chi connectivity index (χ4v) is 2.79. The first-order valence-electron chi connectivity index (χ1n) is 6.86. The fourth-order valence-electron chi connectivity index (χ4n) is 1.91. The quantitative estimate of drug-likeness (QED) is 0.737. The third kappa shape index (κ3) is 3.66. The lowest BCUT2D eigenvalue weighted by Gasteiger charge is -2.02. The second-order valence-electron chi connectivity index (χ2n) is 4.39. The van der Waals surface area contributed by atoms with Crippen LogP contribution in [0.25, 0.3) is 10.7 Å². The topological polar surface area (TPSA) is 57.0 Å². The van der Waals surface area contributed by atoms with Gasteiger partial charge in [0.2, 0.25) is 0 Å².